The molecule has 5 heteroatoms. The highest BCUT2D eigenvalue weighted by molar-refractivity contribution is 7.98. The number of carbonyl (C=O) groups excluding carboxylic acids is 1. The third-order valence-corrected chi connectivity index (χ3v) is 2.92. The fraction of sp³-hybridized carbons (Fsp3) is 0.889. The number of amides is 2. The molecule has 0 spiro atoms. The average Bonchev–Trinajstić information content (AvgIpc) is 2.19. The van der Waals surface area contributed by atoms with Crippen molar-refractivity contribution in [2.45, 2.75) is 13.0 Å². The molecule has 1 aliphatic heterocycles. The molecular formula is C9H18N2O2S. The van der Waals surface area contributed by atoms with Crippen molar-refractivity contribution in [3.05, 3.63) is 0 Å². The van der Waals surface area contributed by atoms with Gasteiger partial charge >= 0.3 is 6.03 Å². The van der Waals surface area contributed by atoms with Crippen LogP contribution in [0.15, 0.2) is 0 Å². The first-order valence-electron chi connectivity index (χ1n) is 4.86. The minimum atomic E-state index is 0.0369. The lowest BCUT2D eigenvalue weighted by molar-refractivity contribution is 0.0528. The molecule has 4 nitrogen and oxygen atoms in total. The summed E-state index contributed by atoms with van der Waals surface area (Å²) in [6.07, 6.45) is 2.04. The van der Waals surface area contributed by atoms with Gasteiger partial charge in [0, 0.05) is 24.9 Å². The number of ether oxygens (including phenoxy) is 1. The Morgan fingerprint density at radius 2 is 2.21 bits per heavy atom. The van der Waals surface area contributed by atoms with E-state index < -0.39 is 0 Å². The number of morpholine rings is 1. The lowest BCUT2D eigenvalue weighted by Gasteiger charge is -2.28. The molecule has 1 heterocycles. The van der Waals surface area contributed by atoms with Crippen LogP contribution >= 0.6 is 11.8 Å². The smallest absolute Gasteiger partial charge is 0.317 e. The van der Waals surface area contributed by atoms with E-state index >= 15 is 0 Å². The molecule has 1 aliphatic rings. The molecule has 14 heavy (non-hydrogen) atoms. The van der Waals surface area contributed by atoms with E-state index in [0.29, 0.717) is 26.3 Å². The van der Waals surface area contributed by atoms with Gasteiger partial charge < -0.3 is 15.0 Å². The maximum absolute atomic E-state index is 11.6. The van der Waals surface area contributed by atoms with Crippen LogP contribution in [0.2, 0.25) is 0 Å². The highest BCUT2D eigenvalue weighted by Gasteiger charge is 2.17. The molecule has 0 radical (unpaired) electrons. The second kappa shape index (κ2) is 6.14. The van der Waals surface area contributed by atoms with Gasteiger partial charge in [0.1, 0.15) is 0 Å². The third kappa shape index (κ3) is 3.75. The topological polar surface area (TPSA) is 41.6 Å². The van der Waals surface area contributed by atoms with Crippen molar-refractivity contribution < 1.29 is 9.53 Å². The molecule has 0 aromatic carbocycles. The summed E-state index contributed by atoms with van der Waals surface area (Å²) in [5, 5.41) is 2.96. The van der Waals surface area contributed by atoms with Gasteiger partial charge in [-0.15, -0.1) is 0 Å². The Balaban J connectivity index is 2.25. The Kier molecular flexibility index (Phi) is 5.11. The van der Waals surface area contributed by atoms with Gasteiger partial charge in [0.25, 0.3) is 0 Å². The van der Waals surface area contributed by atoms with Crippen molar-refractivity contribution in [2.24, 2.45) is 0 Å². The van der Waals surface area contributed by atoms with Crippen molar-refractivity contribution >= 4 is 17.8 Å². The summed E-state index contributed by atoms with van der Waals surface area (Å²) in [5.41, 5.74) is 0. The van der Waals surface area contributed by atoms with E-state index in [2.05, 4.69) is 5.32 Å². The van der Waals surface area contributed by atoms with Crippen LogP contribution in [-0.2, 0) is 4.74 Å². The zero-order valence-corrected chi connectivity index (χ0v) is 9.60. The molecule has 1 atom stereocenters. The normalized spacial score (nSPS) is 19.1. The predicted molar refractivity (Wildman–Crippen MR) is 58.8 cm³/mol. The minimum Gasteiger partial charge on any atom is -0.378 e. The van der Waals surface area contributed by atoms with Gasteiger partial charge in [-0.2, -0.15) is 11.8 Å². The van der Waals surface area contributed by atoms with Gasteiger partial charge in [-0.05, 0) is 13.2 Å². The quantitative estimate of drug-likeness (QED) is 0.761. The van der Waals surface area contributed by atoms with Crippen LogP contribution in [0.5, 0.6) is 0 Å². The Bertz CT molecular complexity index is 184. The monoisotopic (exact) mass is 218 g/mol. The molecule has 1 N–H and O–H groups in total. The number of nitrogens with one attached hydrogen (secondary N) is 1. The van der Waals surface area contributed by atoms with E-state index in [1.54, 1.807) is 16.7 Å². The fourth-order valence-corrected chi connectivity index (χ4v) is 1.94. The lowest BCUT2D eigenvalue weighted by atomic mass is 10.4. The van der Waals surface area contributed by atoms with Gasteiger partial charge in [0.15, 0.2) is 0 Å². The largest absolute Gasteiger partial charge is 0.378 e. The molecule has 1 saturated heterocycles. The summed E-state index contributed by atoms with van der Waals surface area (Å²) in [7, 11) is 0. The van der Waals surface area contributed by atoms with Gasteiger partial charge in [-0.3, -0.25) is 0 Å². The Morgan fingerprint density at radius 3 is 2.79 bits per heavy atom. The highest BCUT2D eigenvalue weighted by atomic mass is 32.2. The number of carbonyl (C=O) groups is 1. The van der Waals surface area contributed by atoms with E-state index in [0.717, 1.165) is 5.75 Å². The average molecular weight is 218 g/mol. The van der Waals surface area contributed by atoms with Crippen LogP contribution in [-0.4, -0.2) is 55.3 Å². The molecule has 1 rings (SSSR count). The predicted octanol–water partition coefficient (Wildman–Crippen LogP) is 0.780. The standard InChI is InChI=1S/C9H18N2O2S/c1-8(7-14-2)10-9(12)11-3-5-13-6-4-11/h8H,3-7H2,1-2H3,(H,10,12). The van der Waals surface area contributed by atoms with Gasteiger partial charge in [0.2, 0.25) is 0 Å². The number of urea groups is 1. The number of hydrogen-bond acceptors (Lipinski definition) is 3. The zero-order chi connectivity index (χ0) is 10.4. The van der Waals surface area contributed by atoms with Gasteiger partial charge in [-0.1, -0.05) is 0 Å². The first-order valence-corrected chi connectivity index (χ1v) is 6.25. The van der Waals surface area contributed by atoms with Crippen molar-refractivity contribution in [1.29, 1.82) is 0 Å². The molecule has 0 bridgehead atoms. The lowest BCUT2D eigenvalue weighted by Crippen LogP contribution is -2.49. The number of nitrogens with zero attached hydrogens (tertiary/aromatic N) is 1. The van der Waals surface area contributed by atoms with Crippen molar-refractivity contribution in [2.75, 3.05) is 38.3 Å². The van der Waals surface area contributed by atoms with Crippen LogP contribution in [0.4, 0.5) is 4.79 Å². The molecular weight excluding hydrogens is 200 g/mol. The summed E-state index contributed by atoms with van der Waals surface area (Å²) >= 11 is 1.74. The molecule has 2 amide bonds. The third-order valence-electron chi connectivity index (χ3n) is 2.08. The first kappa shape index (κ1) is 11.7. The van der Waals surface area contributed by atoms with E-state index in [1.165, 1.54) is 0 Å². The summed E-state index contributed by atoms with van der Waals surface area (Å²) in [6.45, 7) is 4.75. The second-order valence-corrected chi connectivity index (χ2v) is 4.32. The number of rotatable bonds is 3. The SMILES string of the molecule is CSCC(C)NC(=O)N1CCOCC1. The van der Waals surface area contributed by atoms with E-state index in [4.69, 9.17) is 4.74 Å². The maximum Gasteiger partial charge on any atom is 0.317 e. The molecule has 1 unspecified atom stereocenters. The molecule has 0 saturated carbocycles. The zero-order valence-electron chi connectivity index (χ0n) is 8.78. The van der Waals surface area contributed by atoms with Crippen LogP contribution < -0.4 is 5.32 Å². The second-order valence-electron chi connectivity index (χ2n) is 3.41. The maximum atomic E-state index is 11.6. The van der Waals surface area contributed by atoms with Crippen molar-refractivity contribution in [3.8, 4) is 0 Å². The van der Waals surface area contributed by atoms with Crippen LogP contribution in [0.25, 0.3) is 0 Å². The van der Waals surface area contributed by atoms with E-state index in [9.17, 15) is 4.79 Å². The van der Waals surface area contributed by atoms with E-state index in [1.807, 2.05) is 13.2 Å². The first-order chi connectivity index (χ1) is 6.74. The Labute approximate surface area is 89.4 Å². The fourth-order valence-electron chi connectivity index (χ4n) is 1.36. The molecule has 82 valence electrons. The highest BCUT2D eigenvalue weighted by Crippen LogP contribution is 2.00. The van der Waals surface area contributed by atoms with Crippen LogP contribution in [0.1, 0.15) is 6.92 Å². The summed E-state index contributed by atoms with van der Waals surface area (Å²) in [5.74, 6) is 0.954. The Hall–Kier alpha value is -0.420. The molecule has 0 aliphatic carbocycles. The van der Waals surface area contributed by atoms with Gasteiger partial charge in [0.05, 0.1) is 13.2 Å². The van der Waals surface area contributed by atoms with Crippen LogP contribution in [0, 0.1) is 0 Å². The number of hydrogen-bond donors (Lipinski definition) is 1. The summed E-state index contributed by atoms with van der Waals surface area (Å²) in [6, 6.07) is 0.273. The van der Waals surface area contributed by atoms with Gasteiger partial charge in [-0.25, -0.2) is 4.79 Å². The summed E-state index contributed by atoms with van der Waals surface area (Å²) < 4.78 is 5.18. The van der Waals surface area contributed by atoms with Crippen molar-refractivity contribution in [3.63, 3.8) is 0 Å². The number of thioether (sulfide) groups is 1. The summed E-state index contributed by atoms with van der Waals surface area (Å²) in [4.78, 5) is 13.4. The minimum absolute atomic E-state index is 0.0369. The molecule has 1 fully saturated rings. The van der Waals surface area contributed by atoms with Crippen molar-refractivity contribution in [1.82, 2.24) is 10.2 Å². The van der Waals surface area contributed by atoms with E-state index in [-0.39, 0.29) is 12.1 Å². The molecule has 0 aromatic rings. The van der Waals surface area contributed by atoms with Crippen LogP contribution in [0.3, 0.4) is 0 Å². The molecule has 0 aromatic heterocycles. The Morgan fingerprint density at radius 1 is 1.57 bits per heavy atom.